The summed E-state index contributed by atoms with van der Waals surface area (Å²) in [5.41, 5.74) is 2.00. The number of ether oxygens (including phenoxy) is 3. The summed E-state index contributed by atoms with van der Waals surface area (Å²) in [7, 11) is 0. The molecule has 2 fully saturated rings. The van der Waals surface area contributed by atoms with E-state index in [1.807, 2.05) is 6.07 Å². The normalized spacial score (nSPS) is 17.9. The SMILES string of the molecule is N#Cc1ccc(OCc2nccc(OC3CCN(Cc4nc5ncc(Br)cc5n4C[C@@H]4CCO4)CC3)n2)c(F)c1. The highest BCUT2D eigenvalue weighted by Crippen LogP contribution is 2.25. The second-order valence-corrected chi connectivity index (χ2v) is 10.8. The second-order valence-electron chi connectivity index (χ2n) is 9.87. The molecule has 5 heterocycles. The summed E-state index contributed by atoms with van der Waals surface area (Å²) in [6, 6.07) is 9.74. The molecule has 0 N–H and O–H groups in total. The average molecular weight is 608 g/mol. The van der Waals surface area contributed by atoms with Gasteiger partial charge in [0.25, 0.3) is 0 Å². The minimum atomic E-state index is -0.603. The Morgan fingerprint density at radius 1 is 1.12 bits per heavy atom. The average Bonchev–Trinajstić information content (AvgIpc) is 3.27. The molecule has 0 unspecified atom stereocenters. The zero-order chi connectivity index (χ0) is 27.5. The molecular weight excluding hydrogens is 581 g/mol. The maximum Gasteiger partial charge on any atom is 0.216 e. The molecule has 3 aromatic heterocycles. The molecule has 2 aliphatic rings. The summed E-state index contributed by atoms with van der Waals surface area (Å²) in [4.78, 5) is 20.4. The Morgan fingerprint density at radius 2 is 1.98 bits per heavy atom. The Labute approximate surface area is 238 Å². The number of piperidine rings is 1. The van der Waals surface area contributed by atoms with Gasteiger partial charge in [0, 0.05) is 42.6 Å². The molecule has 1 atom stereocenters. The number of nitriles is 1. The summed E-state index contributed by atoms with van der Waals surface area (Å²) in [6.07, 6.45) is 6.39. The number of halogens is 2. The molecule has 1 aromatic carbocycles. The van der Waals surface area contributed by atoms with Gasteiger partial charge in [-0.05, 0) is 59.5 Å². The van der Waals surface area contributed by atoms with E-state index >= 15 is 0 Å². The second kappa shape index (κ2) is 11.8. The molecule has 0 saturated carbocycles. The quantitative estimate of drug-likeness (QED) is 0.273. The van der Waals surface area contributed by atoms with Crippen molar-refractivity contribution in [1.82, 2.24) is 29.4 Å². The van der Waals surface area contributed by atoms with Crippen LogP contribution in [0.2, 0.25) is 0 Å². The number of fused-ring (bicyclic) bond motifs is 1. The van der Waals surface area contributed by atoms with Gasteiger partial charge >= 0.3 is 0 Å². The summed E-state index contributed by atoms with van der Waals surface area (Å²) in [5, 5.41) is 8.89. The van der Waals surface area contributed by atoms with Crippen molar-refractivity contribution in [1.29, 1.82) is 5.26 Å². The van der Waals surface area contributed by atoms with Crippen molar-refractivity contribution in [2.75, 3.05) is 19.7 Å². The first-order valence-electron chi connectivity index (χ1n) is 13.2. The van der Waals surface area contributed by atoms with Crippen LogP contribution in [-0.4, -0.2) is 61.3 Å². The molecule has 206 valence electrons. The van der Waals surface area contributed by atoms with Crippen molar-refractivity contribution in [3.05, 3.63) is 70.2 Å². The maximum absolute atomic E-state index is 14.1. The third kappa shape index (κ3) is 6.06. The van der Waals surface area contributed by atoms with Gasteiger partial charge in [0.2, 0.25) is 5.88 Å². The van der Waals surface area contributed by atoms with Gasteiger partial charge in [0.05, 0.1) is 36.3 Å². The lowest BCUT2D eigenvalue weighted by atomic mass is 10.1. The first-order valence-corrected chi connectivity index (χ1v) is 14.0. The van der Waals surface area contributed by atoms with E-state index in [1.54, 1.807) is 18.5 Å². The molecule has 2 aliphatic heterocycles. The van der Waals surface area contributed by atoms with Gasteiger partial charge in [-0.1, -0.05) is 0 Å². The van der Waals surface area contributed by atoms with Gasteiger partial charge in [-0.15, -0.1) is 0 Å². The zero-order valence-corrected chi connectivity index (χ0v) is 23.3. The van der Waals surface area contributed by atoms with Gasteiger partial charge in [-0.25, -0.2) is 19.3 Å². The zero-order valence-electron chi connectivity index (χ0n) is 21.7. The number of benzene rings is 1. The van der Waals surface area contributed by atoms with E-state index in [-0.39, 0.29) is 30.1 Å². The number of hydrogen-bond acceptors (Lipinski definition) is 9. The number of likely N-dealkylation sites (tertiary alicyclic amines) is 1. The Hall–Kier alpha value is -3.66. The van der Waals surface area contributed by atoms with E-state index in [9.17, 15) is 4.39 Å². The standard InChI is InChI=1S/C28H27BrFN7O3/c29-19-12-23-28(33-14-19)35-26(37(23)15-21-6-10-38-21)16-36-8-4-20(5-9-36)40-27-3-7-32-25(34-27)17-39-24-2-1-18(13-31)11-22(24)30/h1-3,7,11-12,14,20-21H,4-6,8-10,15-17H2/t21-/m0/s1. The maximum atomic E-state index is 14.1. The van der Waals surface area contributed by atoms with Gasteiger partial charge in [0.15, 0.2) is 23.0 Å². The molecule has 12 heteroatoms. The van der Waals surface area contributed by atoms with Gasteiger partial charge in [-0.3, -0.25) is 4.90 Å². The predicted octanol–water partition coefficient (Wildman–Crippen LogP) is 4.41. The molecule has 2 saturated heterocycles. The number of pyridine rings is 1. The summed E-state index contributed by atoms with van der Waals surface area (Å²) >= 11 is 3.54. The molecule has 4 aromatic rings. The van der Waals surface area contributed by atoms with Crippen LogP contribution < -0.4 is 9.47 Å². The number of hydrogen-bond donors (Lipinski definition) is 0. The molecule has 6 rings (SSSR count). The highest BCUT2D eigenvalue weighted by atomic mass is 79.9. The molecular formula is C28H27BrFN7O3. The van der Waals surface area contributed by atoms with Crippen LogP contribution in [0.5, 0.6) is 11.6 Å². The van der Waals surface area contributed by atoms with E-state index in [0.717, 1.165) is 79.6 Å². The minimum Gasteiger partial charge on any atom is -0.483 e. The molecule has 0 amide bonds. The van der Waals surface area contributed by atoms with E-state index in [2.05, 4.69) is 46.4 Å². The highest BCUT2D eigenvalue weighted by molar-refractivity contribution is 9.10. The van der Waals surface area contributed by atoms with Crippen LogP contribution in [0.15, 0.2) is 47.2 Å². The van der Waals surface area contributed by atoms with Crippen LogP contribution in [0.1, 0.15) is 36.5 Å². The topological polar surface area (TPSA) is 111 Å². The van der Waals surface area contributed by atoms with Crippen LogP contribution in [0.3, 0.4) is 0 Å². The Balaban J connectivity index is 1.04. The fourth-order valence-electron chi connectivity index (χ4n) is 4.89. The van der Waals surface area contributed by atoms with Gasteiger partial charge < -0.3 is 18.8 Å². The fraction of sp³-hybridized carbons (Fsp3) is 0.393. The van der Waals surface area contributed by atoms with Crippen LogP contribution in [0.25, 0.3) is 11.2 Å². The summed E-state index contributed by atoms with van der Waals surface area (Å²) in [6.45, 7) is 4.04. The Bertz CT molecular complexity index is 1550. The molecule has 0 spiro atoms. The molecule has 10 nitrogen and oxygen atoms in total. The third-order valence-corrected chi connectivity index (χ3v) is 7.55. The molecule has 40 heavy (non-hydrogen) atoms. The van der Waals surface area contributed by atoms with Gasteiger partial charge in [0.1, 0.15) is 18.5 Å². The monoisotopic (exact) mass is 607 g/mol. The number of imidazole rings is 1. The van der Waals surface area contributed by atoms with Crippen molar-refractivity contribution >= 4 is 27.1 Å². The first-order chi connectivity index (χ1) is 19.5. The Morgan fingerprint density at radius 3 is 2.73 bits per heavy atom. The largest absolute Gasteiger partial charge is 0.483 e. The molecule has 0 aliphatic carbocycles. The highest BCUT2D eigenvalue weighted by Gasteiger charge is 2.26. The summed E-state index contributed by atoms with van der Waals surface area (Å²) < 4.78 is 34.7. The minimum absolute atomic E-state index is 0.0171. The van der Waals surface area contributed by atoms with Crippen molar-refractivity contribution in [2.45, 2.75) is 51.2 Å². The number of nitrogens with zero attached hydrogens (tertiary/aromatic N) is 7. The lowest BCUT2D eigenvalue weighted by molar-refractivity contribution is -0.0592. The predicted molar refractivity (Wildman–Crippen MR) is 146 cm³/mol. The summed E-state index contributed by atoms with van der Waals surface area (Å²) in [5.74, 6) is 1.28. The van der Waals surface area contributed by atoms with Crippen LogP contribution in [-0.2, 0) is 24.4 Å². The first kappa shape index (κ1) is 26.6. The van der Waals surface area contributed by atoms with E-state index in [1.165, 1.54) is 12.1 Å². The van der Waals surface area contributed by atoms with Crippen molar-refractivity contribution in [3.63, 3.8) is 0 Å². The van der Waals surface area contributed by atoms with Crippen LogP contribution in [0, 0.1) is 17.1 Å². The Kier molecular flexibility index (Phi) is 7.86. The fourth-order valence-corrected chi connectivity index (χ4v) is 5.20. The third-order valence-electron chi connectivity index (χ3n) is 7.12. The van der Waals surface area contributed by atoms with E-state index in [4.69, 9.17) is 24.5 Å². The molecule has 0 radical (unpaired) electrons. The van der Waals surface area contributed by atoms with Crippen molar-refractivity contribution in [3.8, 4) is 17.7 Å². The number of aromatic nitrogens is 5. The van der Waals surface area contributed by atoms with Crippen LogP contribution in [0.4, 0.5) is 4.39 Å². The smallest absolute Gasteiger partial charge is 0.216 e. The van der Waals surface area contributed by atoms with E-state index < -0.39 is 5.82 Å². The van der Waals surface area contributed by atoms with Crippen LogP contribution >= 0.6 is 15.9 Å². The van der Waals surface area contributed by atoms with Gasteiger partial charge in [-0.2, -0.15) is 10.2 Å². The lowest BCUT2D eigenvalue weighted by Gasteiger charge is -2.32. The van der Waals surface area contributed by atoms with E-state index in [0.29, 0.717) is 11.7 Å². The lowest BCUT2D eigenvalue weighted by Crippen LogP contribution is -2.39. The molecule has 0 bridgehead atoms. The van der Waals surface area contributed by atoms with Crippen molar-refractivity contribution in [2.24, 2.45) is 0 Å². The number of rotatable bonds is 9. The van der Waals surface area contributed by atoms with Crippen molar-refractivity contribution < 1.29 is 18.6 Å².